The van der Waals surface area contributed by atoms with Crippen molar-refractivity contribution in [2.24, 2.45) is 0 Å². The van der Waals surface area contributed by atoms with Gasteiger partial charge < -0.3 is 14.7 Å². The second-order valence-electron chi connectivity index (χ2n) is 6.39. The average molecular weight is 339 g/mol. The fourth-order valence-electron chi connectivity index (χ4n) is 3.37. The number of H-pyrrole nitrogens is 1. The maximum atomic E-state index is 10.9. The van der Waals surface area contributed by atoms with Crippen LogP contribution in [0, 0.1) is 0 Å². The molecule has 1 aliphatic rings. The van der Waals surface area contributed by atoms with E-state index in [2.05, 4.69) is 32.2 Å². The van der Waals surface area contributed by atoms with Gasteiger partial charge in [0.15, 0.2) is 0 Å². The minimum atomic E-state index is -0.987. The molecule has 0 bridgehead atoms. The number of ether oxygens (including phenoxy) is 1. The monoisotopic (exact) mass is 339 g/mol. The van der Waals surface area contributed by atoms with Crippen molar-refractivity contribution in [3.8, 4) is 5.75 Å². The number of aliphatic hydroxyl groups is 1. The minimum absolute atomic E-state index is 0.471. The number of nitrogens with one attached hydrogen (secondary N) is 1. The molecule has 1 unspecified atom stereocenters. The molecular formula is C18H21N5O2. The highest BCUT2D eigenvalue weighted by Gasteiger charge is 2.40. The van der Waals surface area contributed by atoms with Crippen LogP contribution in [0.2, 0.25) is 0 Å². The summed E-state index contributed by atoms with van der Waals surface area (Å²) in [4.78, 5) is 6.68. The first kappa shape index (κ1) is 15.8. The van der Waals surface area contributed by atoms with Gasteiger partial charge in [-0.3, -0.25) is 4.98 Å². The topological polar surface area (TPSA) is 87.2 Å². The number of hydrogen-bond donors (Lipinski definition) is 2. The Morgan fingerprint density at radius 1 is 1.36 bits per heavy atom. The van der Waals surface area contributed by atoms with Gasteiger partial charge in [-0.05, 0) is 18.6 Å². The molecule has 2 N–H and O–H groups in total. The molecule has 7 nitrogen and oxygen atoms in total. The van der Waals surface area contributed by atoms with Crippen molar-refractivity contribution in [1.29, 1.82) is 0 Å². The number of aromatic amines is 1. The molecule has 0 saturated carbocycles. The molecule has 7 heteroatoms. The molecule has 0 radical (unpaired) electrons. The summed E-state index contributed by atoms with van der Waals surface area (Å²) in [7, 11) is 0. The Kier molecular flexibility index (Phi) is 4.01. The van der Waals surface area contributed by atoms with Crippen molar-refractivity contribution < 1.29 is 9.84 Å². The zero-order valence-electron chi connectivity index (χ0n) is 14.1. The number of fused-ring (bicyclic) bond motifs is 1. The van der Waals surface area contributed by atoms with Gasteiger partial charge in [0.2, 0.25) is 0 Å². The van der Waals surface area contributed by atoms with Gasteiger partial charge >= 0.3 is 0 Å². The van der Waals surface area contributed by atoms with Gasteiger partial charge in [-0.2, -0.15) is 15.4 Å². The predicted octanol–water partition coefficient (Wildman–Crippen LogP) is 2.24. The Morgan fingerprint density at radius 3 is 3.08 bits per heavy atom. The van der Waals surface area contributed by atoms with Crippen LogP contribution in [0.5, 0.6) is 5.75 Å². The highest BCUT2D eigenvalue weighted by molar-refractivity contribution is 5.95. The summed E-state index contributed by atoms with van der Waals surface area (Å²) in [6, 6.07) is 7.97. The van der Waals surface area contributed by atoms with E-state index >= 15 is 0 Å². The van der Waals surface area contributed by atoms with Crippen LogP contribution >= 0.6 is 0 Å². The first-order valence-electron chi connectivity index (χ1n) is 8.55. The van der Waals surface area contributed by atoms with Gasteiger partial charge in [0.1, 0.15) is 22.6 Å². The molecule has 0 amide bonds. The smallest absolute Gasteiger partial charge is 0.145 e. The maximum Gasteiger partial charge on any atom is 0.145 e. The molecule has 1 atom stereocenters. The molecule has 2 aromatic heterocycles. The van der Waals surface area contributed by atoms with Crippen molar-refractivity contribution in [3.63, 3.8) is 0 Å². The second kappa shape index (κ2) is 6.33. The van der Waals surface area contributed by atoms with Crippen molar-refractivity contribution in [3.05, 3.63) is 42.4 Å². The summed E-state index contributed by atoms with van der Waals surface area (Å²) < 4.78 is 5.83. The van der Waals surface area contributed by atoms with E-state index in [9.17, 15) is 5.11 Å². The van der Waals surface area contributed by atoms with Crippen molar-refractivity contribution in [1.82, 2.24) is 20.4 Å². The van der Waals surface area contributed by atoms with E-state index in [0.717, 1.165) is 35.3 Å². The van der Waals surface area contributed by atoms with Crippen molar-refractivity contribution in [2.45, 2.75) is 25.4 Å². The first-order valence-corrected chi connectivity index (χ1v) is 8.55. The highest BCUT2D eigenvalue weighted by atomic mass is 16.5. The number of hydrogen-bond acceptors (Lipinski definition) is 6. The fraction of sp³-hybridized carbons (Fsp3) is 0.389. The van der Waals surface area contributed by atoms with Crippen LogP contribution in [0.15, 0.2) is 36.7 Å². The number of aromatic nitrogens is 4. The van der Waals surface area contributed by atoms with Crippen LogP contribution in [0.3, 0.4) is 0 Å². The van der Waals surface area contributed by atoms with Gasteiger partial charge in [-0.15, -0.1) is 0 Å². The summed E-state index contributed by atoms with van der Waals surface area (Å²) in [5.41, 5.74) is 1.50. The van der Waals surface area contributed by atoms with Gasteiger partial charge in [0, 0.05) is 30.2 Å². The first-order chi connectivity index (χ1) is 12.2. The summed E-state index contributed by atoms with van der Waals surface area (Å²) in [5.74, 6) is 0.798. The molecular weight excluding hydrogens is 318 g/mol. The van der Waals surface area contributed by atoms with E-state index in [0.29, 0.717) is 25.3 Å². The Balaban J connectivity index is 1.68. The Morgan fingerprint density at radius 2 is 2.28 bits per heavy atom. The SMILES string of the molecule is CCCOc1cccc2c(N3CCC(O)(c4cn[nH]n4)C3)ccnc12. The minimum Gasteiger partial charge on any atom is -0.491 e. The number of para-hydroxylation sites is 1. The van der Waals surface area contributed by atoms with Crippen LogP contribution in [0.25, 0.3) is 10.9 Å². The summed E-state index contributed by atoms with van der Waals surface area (Å²) in [6.45, 7) is 3.96. The Bertz CT molecular complexity index is 867. The third-order valence-corrected chi connectivity index (χ3v) is 4.65. The van der Waals surface area contributed by atoms with Gasteiger partial charge in [-0.25, -0.2) is 0 Å². The molecule has 4 rings (SSSR count). The van der Waals surface area contributed by atoms with Crippen molar-refractivity contribution >= 4 is 16.6 Å². The lowest BCUT2D eigenvalue weighted by atomic mass is 10.00. The van der Waals surface area contributed by atoms with E-state index in [1.54, 1.807) is 12.4 Å². The van der Waals surface area contributed by atoms with Crippen LogP contribution in [0.4, 0.5) is 5.69 Å². The normalized spacial score (nSPS) is 20.3. The molecule has 130 valence electrons. The Labute approximate surface area is 145 Å². The zero-order valence-corrected chi connectivity index (χ0v) is 14.1. The van der Waals surface area contributed by atoms with E-state index in [1.165, 1.54) is 0 Å². The molecule has 3 aromatic rings. The number of pyridine rings is 1. The van der Waals surface area contributed by atoms with Crippen LogP contribution in [-0.4, -0.2) is 45.2 Å². The summed E-state index contributed by atoms with van der Waals surface area (Å²) >= 11 is 0. The molecule has 1 fully saturated rings. The lowest BCUT2D eigenvalue weighted by Gasteiger charge is -2.23. The third-order valence-electron chi connectivity index (χ3n) is 4.65. The molecule has 0 aliphatic carbocycles. The summed E-state index contributed by atoms with van der Waals surface area (Å²) in [6.07, 6.45) is 4.94. The predicted molar refractivity (Wildman–Crippen MR) is 94.6 cm³/mol. The van der Waals surface area contributed by atoms with Crippen LogP contribution in [-0.2, 0) is 5.60 Å². The number of benzene rings is 1. The average Bonchev–Trinajstić information content (AvgIpc) is 3.30. The van der Waals surface area contributed by atoms with E-state index < -0.39 is 5.60 Å². The second-order valence-corrected chi connectivity index (χ2v) is 6.39. The van der Waals surface area contributed by atoms with E-state index in [1.807, 2.05) is 24.3 Å². The van der Waals surface area contributed by atoms with E-state index in [4.69, 9.17) is 4.74 Å². The summed E-state index contributed by atoms with van der Waals surface area (Å²) in [5, 5.41) is 22.4. The molecule has 0 spiro atoms. The van der Waals surface area contributed by atoms with Gasteiger partial charge in [0.05, 0.1) is 19.3 Å². The number of β-amino-alcohol motifs (C(OH)–C–C–N with tert-alkyl or cyclic N) is 1. The number of anilines is 1. The van der Waals surface area contributed by atoms with Gasteiger partial charge in [-0.1, -0.05) is 19.1 Å². The lowest BCUT2D eigenvalue weighted by molar-refractivity contribution is 0.0560. The largest absolute Gasteiger partial charge is 0.491 e. The van der Waals surface area contributed by atoms with Crippen molar-refractivity contribution in [2.75, 3.05) is 24.6 Å². The standard InChI is InChI=1S/C18H21N5O2/c1-2-10-25-15-5-3-4-13-14(6-8-19-17(13)15)23-9-7-18(24,12-23)16-11-20-22-21-16/h3-6,8,11,24H,2,7,9-10,12H2,1H3,(H,20,21,22). The molecule has 3 heterocycles. The molecule has 25 heavy (non-hydrogen) atoms. The number of nitrogens with zero attached hydrogens (tertiary/aromatic N) is 4. The van der Waals surface area contributed by atoms with Gasteiger partial charge in [0.25, 0.3) is 0 Å². The fourth-order valence-corrected chi connectivity index (χ4v) is 3.37. The molecule has 1 aromatic carbocycles. The van der Waals surface area contributed by atoms with E-state index in [-0.39, 0.29) is 0 Å². The highest BCUT2D eigenvalue weighted by Crippen LogP contribution is 2.37. The maximum absolute atomic E-state index is 10.9. The Hall–Kier alpha value is -2.67. The zero-order chi connectivity index (χ0) is 17.3. The van der Waals surface area contributed by atoms with Crippen LogP contribution < -0.4 is 9.64 Å². The molecule has 1 aliphatic heterocycles. The number of rotatable bonds is 5. The lowest BCUT2D eigenvalue weighted by Crippen LogP contribution is -2.31. The molecule has 1 saturated heterocycles. The quantitative estimate of drug-likeness (QED) is 0.741. The van der Waals surface area contributed by atoms with Crippen LogP contribution in [0.1, 0.15) is 25.5 Å². The third kappa shape index (κ3) is 2.80.